The summed E-state index contributed by atoms with van der Waals surface area (Å²) in [6.45, 7) is -0.212. The Morgan fingerprint density at radius 1 is 1.44 bits per heavy atom. The Balaban J connectivity index is 2.36. The van der Waals surface area contributed by atoms with Gasteiger partial charge in [0.1, 0.15) is 5.75 Å². The lowest BCUT2D eigenvalue weighted by Crippen LogP contribution is -2.38. The molecule has 4 N–H and O–H groups in total. The first-order valence-electron chi connectivity index (χ1n) is 4.65. The minimum Gasteiger partial charge on any atom is -0.484 e. The number of hydrogen-bond acceptors (Lipinski definition) is 5. The zero-order chi connectivity index (χ0) is 11.8. The minimum atomic E-state index is -0.429. The van der Waals surface area contributed by atoms with Crippen molar-refractivity contribution in [3.05, 3.63) is 30.3 Å². The van der Waals surface area contributed by atoms with Crippen molar-refractivity contribution in [2.75, 3.05) is 13.2 Å². The summed E-state index contributed by atoms with van der Waals surface area (Å²) in [7, 11) is 0. The Bertz CT molecular complexity index is 365. The fourth-order valence-corrected chi connectivity index (χ4v) is 0.979. The number of amidine groups is 1. The first kappa shape index (κ1) is 12.0. The van der Waals surface area contributed by atoms with Gasteiger partial charge in [-0.15, -0.1) is 0 Å². The van der Waals surface area contributed by atoms with E-state index in [0.29, 0.717) is 5.75 Å². The van der Waals surface area contributed by atoms with Crippen molar-refractivity contribution in [3.8, 4) is 5.75 Å². The molecule has 1 rings (SSSR count). The summed E-state index contributed by atoms with van der Waals surface area (Å²) in [4.78, 5) is 11.3. The van der Waals surface area contributed by atoms with Crippen LogP contribution >= 0.6 is 0 Å². The van der Waals surface area contributed by atoms with Crippen LogP contribution in [0.2, 0.25) is 0 Å². The van der Waals surface area contributed by atoms with E-state index in [0.717, 1.165) is 0 Å². The van der Waals surface area contributed by atoms with E-state index in [4.69, 9.17) is 15.7 Å². The maximum Gasteiger partial charge on any atom is 0.263 e. The molecule has 0 fully saturated rings. The second kappa shape index (κ2) is 6.41. The van der Waals surface area contributed by atoms with Crippen molar-refractivity contribution in [3.63, 3.8) is 0 Å². The van der Waals surface area contributed by atoms with Gasteiger partial charge in [0.25, 0.3) is 5.91 Å². The van der Waals surface area contributed by atoms with E-state index in [9.17, 15) is 4.79 Å². The number of nitrogens with zero attached hydrogens (tertiary/aromatic N) is 1. The predicted molar refractivity (Wildman–Crippen MR) is 58.4 cm³/mol. The molecule has 6 heteroatoms. The van der Waals surface area contributed by atoms with Gasteiger partial charge in [-0.25, -0.2) is 0 Å². The second-order valence-electron chi connectivity index (χ2n) is 2.90. The number of carbonyl (C=O) groups excluding carboxylic acids is 1. The summed E-state index contributed by atoms with van der Waals surface area (Å²) in [6.07, 6.45) is 0. The van der Waals surface area contributed by atoms with Crippen molar-refractivity contribution < 1.29 is 14.7 Å². The van der Waals surface area contributed by atoms with Gasteiger partial charge in [-0.3, -0.25) is 4.79 Å². The van der Waals surface area contributed by atoms with Crippen LogP contribution in [0.4, 0.5) is 0 Å². The van der Waals surface area contributed by atoms with Gasteiger partial charge in [-0.1, -0.05) is 23.4 Å². The van der Waals surface area contributed by atoms with Crippen LogP contribution in [0.1, 0.15) is 0 Å². The third kappa shape index (κ3) is 3.97. The number of ether oxygens (including phenoxy) is 1. The molecule has 0 aliphatic carbocycles. The Kier molecular flexibility index (Phi) is 4.81. The second-order valence-corrected chi connectivity index (χ2v) is 2.90. The summed E-state index contributed by atoms with van der Waals surface area (Å²) in [5.41, 5.74) is 5.19. The Labute approximate surface area is 92.7 Å². The molecular formula is C10H13N3O3. The minimum absolute atomic E-state index is 0.00154. The Hall–Kier alpha value is -2.08. The third-order valence-electron chi connectivity index (χ3n) is 1.71. The molecule has 0 saturated heterocycles. The Morgan fingerprint density at radius 3 is 2.69 bits per heavy atom. The smallest absolute Gasteiger partial charge is 0.263 e. The van der Waals surface area contributed by atoms with Crippen LogP contribution in [-0.4, -0.2) is 30.1 Å². The molecule has 0 saturated carbocycles. The molecule has 0 bridgehead atoms. The van der Waals surface area contributed by atoms with Gasteiger partial charge in [0, 0.05) is 0 Å². The van der Waals surface area contributed by atoms with E-state index in [2.05, 4.69) is 10.5 Å². The van der Waals surface area contributed by atoms with Crippen molar-refractivity contribution in [1.82, 2.24) is 5.32 Å². The van der Waals surface area contributed by atoms with E-state index in [-0.39, 0.29) is 19.0 Å². The van der Waals surface area contributed by atoms with Crippen LogP contribution in [0, 0.1) is 0 Å². The molecule has 0 unspecified atom stereocenters. The fourth-order valence-electron chi connectivity index (χ4n) is 0.979. The lowest BCUT2D eigenvalue weighted by molar-refractivity contribution is -0.121. The first-order valence-corrected chi connectivity index (χ1v) is 4.65. The van der Waals surface area contributed by atoms with Crippen LogP contribution in [0.25, 0.3) is 0 Å². The van der Waals surface area contributed by atoms with E-state index in [1.807, 2.05) is 6.07 Å². The van der Waals surface area contributed by atoms with E-state index < -0.39 is 5.91 Å². The predicted octanol–water partition coefficient (Wildman–Crippen LogP) is -0.0720. The van der Waals surface area contributed by atoms with Crippen LogP contribution in [0.3, 0.4) is 0 Å². The van der Waals surface area contributed by atoms with Crippen LogP contribution in [0.5, 0.6) is 5.75 Å². The number of rotatable bonds is 4. The van der Waals surface area contributed by atoms with Gasteiger partial charge in [-0.2, -0.15) is 0 Å². The number of nitrogens with two attached hydrogens (primary N) is 1. The van der Waals surface area contributed by atoms with Crippen molar-refractivity contribution >= 4 is 11.7 Å². The molecule has 1 aromatic rings. The van der Waals surface area contributed by atoms with Crippen molar-refractivity contribution in [1.29, 1.82) is 0 Å². The van der Waals surface area contributed by atoms with Crippen molar-refractivity contribution in [2.45, 2.75) is 0 Å². The topological polar surface area (TPSA) is 96.9 Å². The molecule has 0 radical (unpaired) electrons. The Morgan fingerprint density at radius 2 is 2.12 bits per heavy atom. The molecule has 0 aliphatic heterocycles. The van der Waals surface area contributed by atoms with Gasteiger partial charge in [0.05, 0.1) is 6.54 Å². The summed E-state index contributed by atoms with van der Waals surface area (Å²) in [5.74, 6) is 0.164. The molecule has 6 nitrogen and oxygen atoms in total. The SMILES string of the molecule is NC/C(=N\O)NC(=O)COc1ccccc1. The summed E-state index contributed by atoms with van der Waals surface area (Å²) in [6, 6.07) is 8.91. The maximum absolute atomic E-state index is 11.3. The number of oxime groups is 1. The normalized spacial score (nSPS) is 10.9. The number of nitrogens with one attached hydrogen (secondary N) is 1. The monoisotopic (exact) mass is 223 g/mol. The standard InChI is InChI=1S/C10H13N3O3/c11-6-9(13-15)12-10(14)7-16-8-4-2-1-3-5-8/h1-5,15H,6-7,11H2,(H,12,13,14). The zero-order valence-corrected chi connectivity index (χ0v) is 8.59. The lowest BCUT2D eigenvalue weighted by Gasteiger charge is -2.06. The molecule has 0 aliphatic rings. The molecular weight excluding hydrogens is 210 g/mol. The number of amides is 1. The van der Waals surface area contributed by atoms with E-state index in [1.54, 1.807) is 24.3 Å². The number of hydrogen-bond donors (Lipinski definition) is 3. The molecule has 0 aromatic heterocycles. The first-order chi connectivity index (χ1) is 7.76. The average molecular weight is 223 g/mol. The van der Waals surface area contributed by atoms with Gasteiger partial charge in [-0.05, 0) is 12.1 Å². The van der Waals surface area contributed by atoms with E-state index in [1.165, 1.54) is 0 Å². The molecule has 16 heavy (non-hydrogen) atoms. The summed E-state index contributed by atoms with van der Waals surface area (Å²) in [5, 5.41) is 13.5. The van der Waals surface area contributed by atoms with Crippen LogP contribution in [-0.2, 0) is 4.79 Å². The zero-order valence-electron chi connectivity index (χ0n) is 8.59. The number of carbonyl (C=O) groups is 1. The summed E-state index contributed by atoms with van der Waals surface area (Å²) < 4.78 is 5.17. The third-order valence-corrected chi connectivity index (χ3v) is 1.71. The number of para-hydroxylation sites is 1. The lowest BCUT2D eigenvalue weighted by atomic mass is 10.3. The molecule has 1 aromatic carbocycles. The summed E-state index contributed by atoms with van der Waals surface area (Å²) >= 11 is 0. The largest absolute Gasteiger partial charge is 0.484 e. The highest BCUT2D eigenvalue weighted by molar-refractivity contribution is 5.99. The molecule has 1 amide bonds. The molecule has 0 spiro atoms. The van der Waals surface area contributed by atoms with Gasteiger partial charge in [0.15, 0.2) is 12.4 Å². The van der Waals surface area contributed by atoms with E-state index >= 15 is 0 Å². The van der Waals surface area contributed by atoms with Crippen molar-refractivity contribution in [2.24, 2.45) is 10.9 Å². The number of benzene rings is 1. The maximum atomic E-state index is 11.3. The highest BCUT2D eigenvalue weighted by Crippen LogP contribution is 2.07. The van der Waals surface area contributed by atoms with Crippen LogP contribution < -0.4 is 15.8 Å². The quantitative estimate of drug-likeness (QED) is 0.288. The average Bonchev–Trinajstić information content (AvgIpc) is 2.34. The highest BCUT2D eigenvalue weighted by Gasteiger charge is 2.05. The molecule has 0 atom stereocenters. The molecule has 0 heterocycles. The fraction of sp³-hybridized carbons (Fsp3) is 0.200. The highest BCUT2D eigenvalue weighted by atomic mass is 16.5. The van der Waals surface area contributed by atoms with Gasteiger partial charge >= 0.3 is 0 Å². The molecule has 86 valence electrons. The van der Waals surface area contributed by atoms with Crippen LogP contribution in [0.15, 0.2) is 35.5 Å². The van der Waals surface area contributed by atoms with Gasteiger partial charge in [0.2, 0.25) is 0 Å². The van der Waals surface area contributed by atoms with Gasteiger partial charge < -0.3 is 21.0 Å².